The summed E-state index contributed by atoms with van der Waals surface area (Å²) in [7, 11) is 3.60. The van der Waals surface area contributed by atoms with Gasteiger partial charge in [0.05, 0.1) is 6.54 Å². The summed E-state index contributed by atoms with van der Waals surface area (Å²) >= 11 is 0. The molecule has 0 saturated carbocycles. The smallest absolute Gasteiger partial charge is 0.330 e. The molecule has 1 fully saturated rings. The average molecular weight is 422 g/mol. The highest BCUT2D eigenvalue weighted by Crippen LogP contribution is 2.31. The van der Waals surface area contributed by atoms with E-state index in [1.54, 1.807) is 16.8 Å². The highest BCUT2D eigenvalue weighted by molar-refractivity contribution is 6.05. The molecule has 8 nitrogen and oxygen atoms in total. The maximum atomic E-state index is 13.0. The van der Waals surface area contributed by atoms with Crippen LogP contribution in [0.3, 0.4) is 0 Å². The van der Waals surface area contributed by atoms with Crippen LogP contribution in [0.25, 0.3) is 0 Å². The van der Waals surface area contributed by atoms with Crippen molar-refractivity contribution >= 4 is 29.7 Å². The summed E-state index contributed by atoms with van der Waals surface area (Å²) in [5.74, 6) is 1.28. The van der Waals surface area contributed by atoms with Crippen LogP contribution in [0.4, 0.5) is 22.2 Å². The summed E-state index contributed by atoms with van der Waals surface area (Å²) in [6.45, 7) is 5.67. The number of carbonyl (C=O) groups is 1. The molecule has 2 aliphatic rings. The van der Waals surface area contributed by atoms with Crippen LogP contribution in [0.5, 0.6) is 0 Å². The van der Waals surface area contributed by atoms with Crippen molar-refractivity contribution in [3.8, 4) is 0 Å². The number of urea groups is 1. The zero-order valence-corrected chi connectivity index (χ0v) is 18.6. The molecule has 0 bridgehead atoms. The number of amides is 2. The Kier molecular flexibility index (Phi) is 6.46. The second kappa shape index (κ2) is 9.43. The number of aromatic nitrogens is 2. The largest absolute Gasteiger partial charge is 0.351 e. The van der Waals surface area contributed by atoms with Crippen LogP contribution in [0, 0.1) is 6.92 Å². The second-order valence-electron chi connectivity index (χ2n) is 8.25. The van der Waals surface area contributed by atoms with Gasteiger partial charge >= 0.3 is 6.03 Å². The Balaban J connectivity index is 1.42. The molecule has 4 rings (SSSR count). The van der Waals surface area contributed by atoms with Gasteiger partial charge in [0.2, 0.25) is 5.95 Å². The fourth-order valence-electron chi connectivity index (χ4n) is 4.29. The normalized spacial score (nSPS) is 18.0. The first-order valence-electron chi connectivity index (χ1n) is 10.9. The minimum Gasteiger partial charge on any atom is -0.351 e. The van der Waals surface area contributed by atoms with Crippen LogP contribution < -0.4 is 15.1 Å². The van der Waals surface area contributed by atoms with Crippen LogP contribution in [0.15, 0.2) is 35.5 Å². The van der Waals surface area contributed by atoms with E-state index >= 15 is 0 Å². The number of aliphatic imine (C=N–C) groups is 1. The van der Waals surface area contributed by atoms with E-state index in [0.29, 0.717) is 24.4 Å². The van der Waals surface area contributed by atoms with Crippen LogP contribution >= 0.6 is 0 Å². The van der Waals surface area contributed by atoms with Gasteiger partial charge in [-0.05, 0) is 44.0 Å². The lowest BCUT2D eigenvalue weighted by Gasteiger charge is -2.35. The minimum absolute atomic E-state index is 0.0737. The number of rotatable bonds is 6. The number of hydrogen-bond acceptors (Lipinski definition) is 6. The Bertz CT molecular complexity index is 953. The van der Waals surface area contributed by atoms with E-state index in [4.69, 9.17) is 4.98 Å². The molecule has 3 heterocycles. The molecule has 0 spiro atoms. The fourth-order valence-corrected chi connectivity index (χ4v) is 4.29. The van der Waals surface area contributed by atoms with Crippen molar-refractivity contribution in [2.75, 3.05) is 48.8 Å². The number of fused-ring (bicyclic) bond motifs is 1. The molecule has 31 heavy (non-hydrogen) atoms. The topological polar surface area (TPSA) is 77.0 Å². The Morgan fingerprint density at radius 1 is 1.26 bits per heavy atom. The first kappa shape index (κ1) is 21.2. The van der Waals surface area contributed by atoms with Crippen LogP contribution in [0.1, 0.15) is 30.4 Å². The molecule has 0 atom stereocenters. The number of carbonyl (C=O) groups excluding carboxylic acids is 1. The monoisotopic (exact) mass is 421 g/mol. The van der Waals surface area contributed by atoms with Gasteiger partial charge in [0.15, 0.2) is 0 Å². The number of anilines is 3. The molecular formula is C23H31N7O. The first-order chi connectivity index (χ1) is 15.1. The van der Waals surface area contributed by atoms with Crippen molar-refractivity contribution in [2.45, 2.75) is 38.8 Å². The predicted molar refractivity (Wildman–Crippen MR) is 125 cm³/mol. The molecule has 0 unspecified atom stereocenters. The van der Waals surface area contributed by atoms with Crippen molar-refractivity contribution in [3.05, 3.63) is 41.6 Å². The second-order valence-corrected chi connectivity index (χ2v) is 8.25. The summed E-state index contributed by atoms with van der Waals surface area (Å²) in [6, 6.07) is 8.21. The number of aryl methyl sites for hydroxylation is 1. The summed E-state index contributed by atoms with van der Waals surface area (Å²) in [6.07, 6.45) is 6.93. The third kappa shape index (κ3) is 4.69. The maximum absolute atomic E-state index is 13.0. The predicted octanol–water partition coefficient (Wildman–Crippen LogP) is 3.33. The highest BCUT2D eigenvalue weighted by Gasteiger charge is 2.31. The molecule has 2 aliphatic heterocycles. The van der Waals surface area contributed by atoms with Gasteiger partial charge in [0, 0.05) is 57.2 Å². The van der Waals surface area contributed by atoms with Crippen molar-refractivity contribution in [1.82, 2.24) is 14.9 Å². The average Bonchev–Trinajstić information content (AvgIpc) is 2.78. The van der Waals surface area contributed by atoms with Gasteiger partial charge in [-0.1, -0.05) is 18.2 Å². The van der Waals surface area contributed by atoms with Gasteiger partial charge in [0.1, 0.15) is 5.82 Å². The molecule has 2 amide bonds. The van der Waals surface area contributed by atoms with E-state index in [2.05, 4.69) is 20.2 Å². The van der Waals surface area contributed by atoms with Crippen molar-refractivity contribution in [1.29, 1.82) is 0 Å². The summed E-state index contributed by atoms with van der Waals surface area (Å²) in [5, 5.41) is 3.48. The Labute approximate surface area is 184 Å². The first-order valence-corrected chi connectivity index (χ1v) is 10.9. The van der Waals surface area contributed by atoms with E-state index < -0.39 is 0 Å². The number of para-hydroxylation sites is 1. The molecule has 0 aliphatic carbocycles. The molecule has 1 aromatic heterocycles. The summed E-state index contributed by atoms with van der Waals surface area (Å²) in [5.41, 5.74) is 2.94. The van der Waals surface area contributed by atoms with Gasteiger partial charge in [0.25, 0.3) is 0 Å². The molecule has 1 aromatic carbocycles. The lowest BCUT2D eigenvalue weighted by atomic mass is 10.1. The van der Waals surface area contributed by atoms with Crippen LogP contribution in [-0.4, -0.2) is 66.9 Å². The molecular weight excluding hydrogens is 390 g/mol. The van der Waals surface area contributed by atoms with Crippen LogP contribution in [-0.2, 0) is 6.54 Å². The lowest BCUT2D eigenvalue weighted by molar-refractivity contribution is 0.225. The molecule has 1 saturated heterocycles. The standard InChI is InChI=1S/C23H31N7O/c1-17-7-4-5-8-20(17)30-16-18-15-25-22(27-21(18)28(3)23(30)31)26-19-9-13-29(14-10-19)12-6-11-24-2/h4-5,7-8,11,15,19H,6,9-10,12-14,16H2,1-3H3,(H,25,26,27). The Morgan fingerprint density at radius 3 is 2.77 bits per heavy atom. The number of likely N-dealkylation sites (tertiary alicyclic amines) is 1. The maximum Gasteiger partial charge on any atom is 0.330 e. The van der Waals surface area contributed by atoms with E-state index in [-0.39, 0.29) is 6.03 Å². The van der Waals surface area contributed by atoms with E-state index in [9.17, 15) is 4.79 Å². The zero-order valence-electron chi connectivity index (χ0n) is 18.6. The Hall–Kier alpha value is -3.00. The van der Waals surface area contributed by atoms with E-state index in [0.717, 1.165) is 55.7 Å². The third-order valence-electron chi connectivity index (χ3n) is 6.09. The van der Waals surface area contributed by atoms with Crippen LogP contribution in [0.2, 0.25) is 0 Å². The van der Waals surface area contributed by atoms with Crippen molar-refractivity contribution in [3.63, 3.8) is 0 Å². The number of piperidine rings is 1. The number of nitrogens with one attached hydrogen (secondary N) is 1. The molecule has 0 radical (unpaired) electrons. The summed E-state index contributed by atoms with van der Waals surface area (Å²) in [4.78, 5) is 32.2. The quantitative estimate of drug-likeness (QED) is 0.724. The van der Waals surface area contributed by atoms with Gasteiger partial charge in [-0.15, -0.1) is 0 Å². The van der Waals surface area contributed by atoms with Crippen molar-refractivity contribution < 1.29 is 4.79 Å². The number of benzene rings is 1. The highest BCUT2D eigenvalue weighted by atomic mass is 16.2. The molecule has 1 N–H and O–H groups in total. The molecule has 8 heteroatoms. The van der Waals surface area contributed by atoms with Gasteiger partial charge < -0.3 is 15.2 Å². The Morgan fingerprint density at radius 2 is 2.03 bits per heavy atom. The van der Waals surface area contributed by atoms with E-state index in [1.807, 2.05) is 50.6 Å². The SMILES string of the molecule is CN=CCCN1CCC(Nc2ncc3c(n2)N(C)C(=O)N(c2ccccc2C)C3)CC1. The zero-order chi connectivity index (χ0) is 21.8. The fraction of sp³-hybridized carbons (Fsp3) is 0.478. The van der Waals surface area contributed by atoms with E-state index in [1.165, 1.54) is 0 Å². The van der Waals surface area contributed by atoms with Crippen molar-refractivity contribution in [2.24, 2.45) is 4.99 Å². The minimum atomic E-state index is -0.0737. The lowest BCUT2D eigenvalue weighted by Crippen LogP contribution is -2.46. The van der Waals surface area contributed by atoms with Gasteiger partial charge in [-0.2, -0.15) is 4.98 Å². The number of nitrogens with zero attached hydrogens (tertiary/aromatic N) is 6. The van der Waals surface area contributed by atoms with Gasteiger partial charge in [-0.25, -0.2) is 9.78 Å². The number of hydrogen-bond donors (Lipinski definition) is 1. The molecule has 164 valence electrons. The third-order valence-corrected chi connectivity index (χ3v) is 6.09. The van der Waals surface area contributed by atoms with Gasteiger partial charge in [-0.3, -0.25) is 9.80 Å². The summed E-state index contributed by atoms with van der Waals surface area (Å²) < 4.78 is 0. The molecule has 2 aromatic rings.